The van der Waals surface area contributed by atoms with Crippen LogP contribution in [0.1, 0.15) is 11.1 Å². The first-order valence-electron chi connectivity index (χ1n) is 4.53. The normalized spacial score (nSPS) is 12.2. The average Bonchev–Trinajstić information content (AvgIpc) is 2.20. The Morgan fingerprint density at radius 2 is 2.14 bits per heavy atom. The number of hydrogen-bond acceptors (Lipinski definition) is 3. The van der Waals surface area contributed by atoms with Crippen LogP contribution < -0.4 is 5.73 Å². The molecular weight excluding hydrogens is 178 g/mol. The van der Waals surface area contributed by atoms with E-state index in [1.54, 1.807) is 0 Å². The second-order valence-electron chi connectivity index (χ2n) is 3.26. The summed E-state index contributed by atoms with van der Waals surface area (Å²) in [4.78, 5) is 11.1. The fourth-order valence-corrected chi connectivity index (χ4v) is 1.31. The quantitative estimate of drug-likeness (QED) is 0.730. The first-order chi connectivity index (χ1) is 6.65. The molecule has 0 spiro atoms. The minimum atomic E-state index is -0.568. The van der Waals surface area contributed by atoms with Gasteiger partial charge >= 0.3 is 5.97 Å². The van der Waals surface area contributed by atoms with Crippen LogP contribution in [0.2, 0.25) is 0 Å². The number of carbonyl (C=O) groups excluding carboxylic acids is 1. The van der Waals surface area contributed by atoms with Gasteiger partial charge in [-0.05, 0) is 24.5 Å². The molecule has 0 heterocycles. The molecule has 0 amide bonds. The molecule has 0 saturated heterocycles. The number of ether oxygens (including phenoxy) is 1. The van der Waals surface area contributed by atoms with Gasteiger partial charge in [-0.1, -0.05) is 24.3 Å². The highest BCUT2D eigenvalue weighted by Gasteiger charge is 2.14. The minimum absolute atomic E-state index is 0.367. The number of hydrogen-bond donors (Lipinski definition) is 1. The van der Waals surface area contributed by atoms with Gasteiger partial charge in [-0.2, -0.15) is 0 Å². The van der Waals surface area contributed by atoms with Gasteiger partial charge in [0.05, 0.1) is 7.11 Å². The van der Waals surface area contributed by atoms with Crippen molar-refractivity contribution in [3.63, 3.8) is 0 Å². The summed E-state index contributed by atoms with van der Waals surface area (Å²) in [5.41, 5.74) is 7.89. The molecule has 0 aliphatic carbocycles. The third kappa shape index (κ3) is 2.57. The van der Waals surface area contributed by atoms with Gasteiger partial charge in [-0.25, -0.2) is 0 Å². The van der Waals surface area contributed by atoms with E-state index in [0.717, 1.165) is 11.1 Å². The molecule has 1 aromatic carbocycles. The summed E-state index contributed by atoms with van der Waals surface area (Å²) in [7, 11) is 1.35. The zero-order valence-corrected chi connectivity index (χ0v) is 8.49. The Labute approximate surface area is 83.9 Å². The molecule has 0 bridgehead atoms. The highest BCUT2D eigenvalue weighted by Crippen LogP contribution is 2.09. The van der Waals surface area contributed by atoms with Gasteiger partial charge in [0.2, 0.25) is 0 Å². The monoisotopic (exact) mass is 193 g/mol. The standard InChI is InChI=1S/C11H15NO2/c1-8-5-3-4-6-9(8)7-10(12)11(13)14-2/h3-6,10H,7,12H2,1-2H3/t10-/m0/s1. The van der Waals surface area contributed by atoms with Gasteiger partial charge < -0.3 is 10.5 Å². The van der Waals surface area contributed by atoms with Crippen LogP contribution in [-0.2, 0) is 16.0 Å². The summed E-state index contributed by atoms with van der Waals surface area (Å²) in [6.07, 6.45) is 0.527. The van der Waals surface area contributed by atoms with Crippen LogP contribution in [0.4, 0.5) is 0 Å². The van der Waals surface area contributed by atoms with Crippen LogP contribution in [0.15, 0.2) is 24.3 Å². The van der Waals surface area contributed by atoms with Gasteiger partial charge in [-0.3, -0.25) is 4.79 Å². The lowest BCUT2D eigenvalue weighted by Crippen LogP contribution is -2.33. The molecule has 0 unspecified atom stereocenters. The number of benzene rings is 1. The van der Waals surface area contributed by atoms with E-state index in [0.29, 0.717) is 6.42 Å². The van der Waals surface area contributed by atoms with E-state index in [1.165, 1.54) is 7.11 Å². The first-order valence-corrected chi connectivity index (χ1v) is 4.53. The number of aryl methyl sites for hydroxylation is 1. The number of rotatable bonds is 3. The Bertz CT molecular complexity index is 323. The van der Waals surface area contributed by atoms with Crippen LogP contribution in [0.25, 0.3) is 0 Å². The topological polar surface area (TPSA) is 52.3 Å². The fraction of sp³-hybridized carbons (Fsp3) is 0.364. The molecule has 1 rings (SSSR count). The lowest BCUT2D eigenvalue weighted by molar-refractivity contribution is -0.142. The van der Waals surface area contributed by atoms with E-state index in [9.17, 15) is 4.79 Å². The van der Waals surface area contributed by atoms with E-state index < -0.39 is 6.04 Å². The van der Waals surface area contributed by atoms with E-state index in [4.69, 9.17) is 5.73 Å². The number of esters is 1. The molecular formula is C11H15NO2. The van der Waals surface area contributed by atoms with Crippen LogP contribution in [0, 0.1) is 6.92 Å². The number of nitrogens with two attached hydrogens (primary N) is 1. The second-order valence-corrected chi connectivity index (χ2v) is 3.26. The zero-order chi connectivity index (χ0) is 10.6. The Hall–Kier alpha value is -1.35. The largest absolute Gasteiger partial charge is 0.468 e. The van der Waals surface area contributed by atoms with E-state index in [1.807, 2.05) is 31.2 Å². The lowest BCUT2D eigenvalue weighted by Gasteiger charge is -2.10. The van der Waals surface area contributed by atoms with Crippen LogP contribution >= 0.6 is 0 Å². The molecule has 1 atom stereocenters. The zero-order valence-electron chi connectivity index (χ0n) is 8.49. The molecule has 0 radical (unpaired) electrons. The molecule has 0 aliphatic rings. The van der Waals surface area contributed by atoms with Gasteiger partial charge in [0, 0.05) is 0 Å². The molecule has 3 nitrogen and oxygen atoms in total. The summed E-state index contributed by atoms with van der Waals surface area (Å²) in [5.74, 6) is -0.367. The minimum Gasteiger partial charge on any atom is -0.468 e. The van der Waals surface area contributed by atoms with Gasteiger partial charge in [0.1, 0.15) is 6.04 Å². The summed E-state index contributed by atoms with van der Waals surface area (Å²) in [6.45, 7) is 2.00. The average molecular weight is 193 g/mol. The molecule has 76 valence electrons. The summed E-state index contributed by atoms with van der Waals surface area (Å²) >= 11 is 0. The highest BCUT2D eigenvalue weighted by molar-refractivity contribution is 5.75. The van der Waals surface area contributed by atoms with Crippen molar-refractivity contribution in [1.82, 2.24) is 0 Å². The predicted molar refractivity (Wildman–Crippen MR) is 54.9 cm³/mol. The predicted octanol–water partition coefficient (Wildman–Crippen LogP) is 1.04. The Morgan fingerprint density at radius 1 is 1.50 bits per heavy atom. The Morgan fingerprint density at radius 3 is 2.71 bits per heavy atom. The van der Waals surface area contributed by atoms with Crippen LogP contribution in [0.5, 0.6) is 0 Å². The molecule has 0 saturated carbocycles. The van der Waals surface area contributed by atoms with Crippen molar-refractivity contribution in [2.75, 3.05) is 7.11 Å². The SMILES string of the molecule is COC(=O)[C@@H](N)Cc1ccccc1C. The van der Waals surface area contributed by atoms with Gasteiger partial charge in [-0.15, -0.1) is 0 Å². The third-order valence-electron chi connectivity index (χ3n) is 2.21. The summed E-state index contributed by atoms with van der Waals surface area (Å²) in [5, 5.41) is 0. The maximum absolute atomic E-state index is 11.1. The lowest BCUT2D eigenvalue weighted by atomic mass is 10.0. The molecule has 0 aliphatic heterocycles. The smallest absolute Gasteiger partial charge is 0.322 e. The first kappa shape index (κ1) is 10.7. The van der Waals surface area contributed by atoms with Gasteiger partial charge in [0.25, 0.3) is 0 Å². The van der Waals surface area contributed by atoms with E-state index in [2.05, 4.69) is 4.74 Å². The van der Waals surface area contributed by atoms with Gasteiger partial charge in [0.15, 0.2) is 0 Å². The summed E-state index contributed by atoms with van der Waals surface area (Å²) in [6, 6.07) is 7.30. The fourth-order valence-electron chi connectivity index (χ4n) is 1.31. The van der Waals surface area contributed by atoms with Crippen molar-refractivity contribution in [2.24, 2.45) is 5.73 Å². The van der Waals surface area contributed by atoms with E-state index >= 15 is 0 Å². The van der Waals surface area contributed by atoms with Crippen LogP contribution in [0.3, 0.4) is 0 Å². The Kier molecular flexibility index (Phi) is 3.65. The molecule has 14 heavy (non-hydrogen) atoms. The molecule has 1 aromatic rings. The summed E-state index contributed by atoms with van der Waals surface area (Å²) < 4.78 is 4.56. The van der Waals surface area contributed by atoms with Crippen LogP contribution in [-0.4, -0.2) is 19.1 Å². The Balaban J connectivity index is 2.69. The third-order valence-corrected chi connectivity index (χ3v) is 2.21. The van der Waals surface area contributed by atoms with Crippen molar-refractivity contribution in [3.05, 3.63) is 35.4 Å². The highest BCUT2D eigenvalue weighted by atomic mass is 16.5. The second kappa shape index (κ2) is 4.77. The number of carbonyl (C=O) groups is 1. The molecule has 2 N–H and O–H groups in total. The number of methoxy groups -OCH3 is 1. The molecule has 0 aromatic heterocycles. The van der Waals surface area contributed by atoms with Crippen molar-refractivity contribution in [1.29, 1.82) is 0 Å². The van der Waals surface area contributed by atoms with Crippen molar-refractivity contribution in [2.45, 2.75) is 19.4 Å². The van der Waals surface area contributed by atoms with E-state index in [-0.39, 0.29) is 5.97 Å². The van der Waals surface area contributed by atoms with Crippen molar-refractivity contribution < 1.29 is 9.53 Å². The van der Waals surface area contributed by atoms with Crippen molar-refractivity contribution in [3.8, 4) is 0 Å². The van der Waals surface area contributed by atoms with Crippen molar-refractivity contribution >= 4 is 5.97 Å². The molecule has 0 fully saturated rings. The maximum Gasteiger partial charge on any atom is 0.322 e. The maximum atomic E-state index is 11.1. The molecule has 3 heteroatoms.